The van der Waals surface area contributed by atoms with Gasteiger partial charge in [0, 0.05) is 40.1 Å². The first-order valence-electron chi connectivity index (χ1n) is 11.2. The molecule has 8 nitrogen and oxygen atoms in total. The standard InChI is InChI=1S/C24H27BrN4O4/c1-3-18-8-9-21-23(16-12-17(25)14-26-13-16)19(6-5-7-22(30)32-4-2)20(27-29(18)21)15-28-10-11-33-24(28)31/h8-9,12-14H,3-7,10-11,15H2,1-2H3. The fourth-order valence-electron chi connectivity index (χ4n) is 4.19. The topological polar surface area (TPSA) is 86.0 Å². The van der Waals surface area contributed by atoms with Crippen LogP contribution in [-0.4, -0.2) is 51.3 Å². The van der Waals surface area contributed by atoms with E-state index in [-0.39, 0.29) is 12.1 Å². The third-order valence-electron chi connectivity index (χ3n) is 5.72. The molecule has 3 aromatic heterocycles. The minimum absolute atomic E-state index is 0.210. The average molecular weight is 515 g/mol. The Morgan fingerprint density at radius 2 is 2.12 bits per heavy atom. The molecule has 0 aliphatic carbocycles. The number of aryl methyl sites for hydroxylation is 1. The predicted octanol–water partition coefficient (Wildman–Crippen LogP) is 4.56. The Balaban J connectivity index is 1.84. The normalized spacial score (nSPS) is 13.5. The van der Waals surface area contributed by atoms with E-state index >= 15 is 0 Å². The summed E-state index contributed by atoms with van der Waals surface area (Å²) in [7, 11) is 0. The number of halogens is 1. The van der Waals surface area contributed by atoms with E-state index in [4.69, 9.17) is 14.6 Å². The van der Waals surface area contributed by atoms with Crippen LogP contribution in [-0.2, 0) is 33.7 Å². The monoisotopic (exact) mass is 514 g/mol. The van der Waals surface area contributed by atoms with E-state index in [9.17, 15) is 9.59 Å². The highest BCUT2D eigenvalue weighted by Crippen LogP contribution is 2.34. The number of carbonyl (C=O) groups excluding carboxylic acids is 2. The molecule has 1 fully saturated rings. The summed E-state index contributed by atoms with van der Waals surface area (Å²) in [6.45, 7) is 5.52. The largest absolute Gasteiger partial charge is 0.466 e. The maximum Gasteiger partial charge on any atom is 0.410 e. The maximum atomic E-state index is 12.2. The van der Waals surface area contributed by atoms with Crippen molar-refractivity contribution in [3.8, 4) is 11.1 Å². The van der Waals surface area contributed by atoms with E-state index in [1.165, 1.54) is 0 Å². The summed E-state index contributed by atoms with van der Waals surface area (Å²) < 4.78 is 13.1. The van der Waals surface area contributed by atoms with Crippen LogP contribution in [0.1, 0.15) is 43.6 Å². The van der Waals surface area contributed by atoms with Crippen LogP contribution < -0.4 is 0 Å². The second kappa shape index (κ2) is 10.3. The SMILES string of the molecule is CCOC(=O)CCCc1c(CN2CCOC2=O)nn2c(CC)ccc2c1-c1cncc(Br)c1. The molecular formula is C24H27BrN4O4. The van der Waals surface area contributed by atoms with Gasteiger partial charge >= 0.3 is 12.1 Å². The van der Waals surface area contributed by atoms with Crippen molar-refractivity contribution in [3.05, 3.63) is 52.0 Å². The van der Waals surface area contributed by atoms with Crippen LogP contribution in [0, 0.1) is 0 Å². The van der Waals surface area contributed by atoms with Crippen LogP contribution in [0.5, 0.6) is 0 Å². The lowest BCUT2D eigenvalue weighted by Crippen LogP contribution is -2.26. The number of hydrogen-bond acceptors (Lipinski definition) is 6. The van der Waals surface area contributed by atoms with Gasteiger partial charge in [-0.2, -0.15) is 5.10 Å². The van der Waals surface area contributed by atoms with E-state index in [2.05, 4.69) is 40.0 Å². The summed E-state index contributed by atoms with van der Waals surface area (Å²) in [5, 5.41) is 4.97. The van der Waals surface area contributed by atoms with Gasteiger partial charge in [0.25, 0.3) is 0 Å². The number of rotatable bonds is 9. The highest BCUT2D eigenvalue weighted by molar-refractivity contribution is 9.10. The summed E-state index contributed by atoms with van der Waals surface area (Å²) in [4.78, 5) is 30.2. The molecule has 174 valence electrons. The lowest BCUT2D eigenvalue weighted by Gasteiger charge is -2.20. The van der Waals surface area contributed by atoms with Gasteiger partial charge in [-0.25, -0.2) is 9.31 Å². The third kappa shape index (κ3) is 5.03. The first-order valence-corrected chi connectivity index (χ1v) is 12.0. The van der Waals surface area contributed by atoms with Crippen molar-refractivity contribution in [1.29, 1.82) is 0 Å². The van der Waals surface area contributed by atoms with Gasteiger partial charge in [0.05, 0.1) is 30.9 Å². The zero-order valence-electron chi connectivity index (χ0n) is 18.8. The minimum Gasteiger partial charge on any atom is -0.466 e. The van der Waals surface area contributed by atoms with Crippen LogP contribution in [0.25, 0.3) is 16.6 Å². The summed E-state index contributed by atoms with van der Waals surface area (Å²) in [5.74, 6) is -0.210. The molecule has 0 N–H and O–H groups in total. The van der Waals surface area contributed by atoms with Crippen molar-refractivity contribution in [2.45, 2.75) is 46.1 Å². The Kier molecular flexibility index (Phi) is 7.27. The van der Waals surface area contributed by atoms with Crippen molar-refractivity contribution in [1.82, 2.24) is 19.5 Å². The van der Waals surface area contributed by atoms with Gasteiger partial charge in [0.1, 0.15) is 6.61 Å². The van der Waals surface area contributed by atoms with Gasteiger partial charge in [0.15, 0.2) is 0 Å². The van der Waals surface area contributed by atoms with Crippen LogP contribution in [0.2, 0.25) is 0 Å². The number of hydrogen-bond donors (Lipinski definition) is 0. The number of esters is 1. The van der Waals surface area contributed by atoms with Gasteiger partial charge in [-0.15, -0.1) is 0 Å². The number of amides is 1. The molecule has 4 heterocycles. The Bertz CT molecular complexity index is 1180. The smallest absolute Gasteiger partial charge is 0.410 e. The highest BCUT2D eigenvalue weighted by Gasteiger charge is 2.26. The van der Waals surface area contributed by atoms with Crippen molar-refractivity contribution in [3.63, 3.8) is 0 Å². The van der Waals surface area contributed by atoms with E-state index in [0.717, 1.165) is 44.5 Å². The Morgan fingerprint density at radius 1 is 1.27 bits per heavy atom. The van der Waals surface area contributed by atoms with E-state index in [1.807, 2.05) is 16.8 Å². The molecule has 0 aromatic carbocycles. The van der Waals surface area contributed by atoms with Crippen LogP contribution >= 0.6 is 15.9 Å². The van der Waals surface area contributed by atoms with Crippen molar-refractivity contribution in [2.75, 3.05) is 19.8 Å². The zero-order valence-corrected chi connectivity index (χ0v) is 20.4. The molecule has 9 heteroatoms. The van der Waals surface area contributed by atoms with E-state index in [0.29, 0.717) is 45.6 Å². The van der Waals surface area contributed by atoms with Crippen molar-refractivity contribution < 1.29 is 19.1 Å². The third-order valence-corrected chi connectivity index (χ3v) is 6.15. The van der Waals surface area contributed by atoms with Crippen LogP contribution in [0.3, 0.4) is 0 Å². The molecule has 0 saturated carbocycles. The number of cyclic esters (lactones) is 1. The van der Waals surface area contributed by atoms with Gasteiger partial charge in [-0.05, 0) is 65.9 Å². The van der Waals surface area contributed by atoms with Gasteiger partial charge < -0.3 is 9.47 Å². The van der Waals surface area contributed by atoms with E-state index < -0.39 is 0 Å². The maximum absolute atomic E-state index is 12.2. The molecule has 1 aliphatic rings. The number of pyridine rings is 1. The molecule has 0 spiro atoms. The number of nitrogens with zero attached hydrogens (tertiary/aromatic N) is 4. The van der Waals surface area contributed by atoms with Crippen LogP contribution in [0.15, 0.2) is 35.1 Å². The molecular weight excluding hydrogens is 488 g/mol. The lowest BCUT2D eigenvalue weighted by atomic mass is 9.95. The fourth-order valence-corrected chi connectivity index (χ4v) is 4.55. The summed E-state index contributed by atoms with van der Waals surface area (Å²) in [5.41, 5.74) is 5.83. The highest BCUT2D eigenvalue weighted by atomic mass is 79.9. The molecule has 1 saturated heterocycles. The molecule has 4 rings (SSSR count). The number of carbonyl (C=O) groups is 2. The predicted molar refractivity (Wildman–Crippen MR) is 127 cm³/mol. The molecule has 33 heavy (non-hydrogen) atoms. The minimum atomic E-state index is -0.330. The molecule has 0 atom stereocenters. The molecule has 1 amide bonds. The summed E-state index contributed by atoms with van der Waals surface area (Å²) in [6.07, 6.45) is 5.63. The zero-order chi connectivity index (χ0) is 23.4. The average Bonchev–Trinajstić information content (AvgIpc) is 3.39. The van der Waals surface area contributed by atoms with Crippen molar-refractivity contribution in [2.24, 2.45) is 0 Å². The Labute approximate surface area is 201 Å². The molecule has 3 aromatic rings. The quantitative estimate of drug-likeness (QED) is 0.389. The number of ether oxygens (including phenoxy) is 2. The molecule has 0 unspecified atom stereocenters. The Morgan fingerprint density at radius 3 is 2.82 bits per heavy atom. The number of aromatic nitrogens is 3. The van der Waals surface area contributed by atoms with Gasteiger partial charge in [-0.1, -0.05) is 6.92 Å². The van der Waals surface area contributed by atoms with E-state index in [1.54, 1.807) is 18.0 Å². The second-order valence-corrected chi connectivity index (χ2v) is 8.78. The first kappa shape index (κ1) is 23.2. The summed E-state index contributed by atoms with van der Waals surface area (Å²) in [6, 6.07) is 6.18. The van der Waals surface area contributed by atoms with Crippen LogP contribution in [0.4, 0.5) is 4.79 Å². The second-order valence-electron chi connectivity index (χ2n) is 7.86. The van der Waals surface area contributed by atoms with Gasteiger partial charge in [0.2, 0.25) is 0 Å². The first-order chi connectivity index (χ1) is 16.0. The molecule has 0 radical (unpaired) electrons. The summed E-state index contributed by atoms with van der Waals surface area (Å²) >= 11 is 3.54. The lowest BCUT2D eigenvalue weighted by molar-refractivity contribution is -0.143. The fraction of sp³-hybridized carbons (Fsp3) is 0.417. The molecule has 1 aliphatic heterocycles. The Hall–Kier alpha value is -2.94. The number of fused-ring (bicyclic) bond motifs is 1. The van der Waals surface area contributed by atoms with Gasteiger partial charge in [-0.3, -0.25) is 14.7 Å². The molecule has 0 bridgehead atoms. The van der Waals surface area contributed by atoms with Crippen molar-refractivity contribution >= 4 is 33.5 Å².